The molecule has 0 bridgehead atoms. The Morgan fingerprint density at radius 1 is 1.22 bits per heavy atom. The Balaban J connectivity index is 2.10. The molecule has 1 aliphatic rings. The molecule has 23 heavy (non-hydrogen) atoms. The average Bonchev–Trinajstić information content (AvgIpc) is 2.56. The number of rotatable bonds is 7. The van der Waals surface area contributed by atoms with Crippen LogP contribution in [0.3, 0.4) is 0 Å². The van der Waals surface area contributed by atoms with Gasteiger partial charge in [0.05, 0.1) is 14.2 Å². The normalized spacial score (nSPS) is 17.2. The van der Waals surface area contributed by atoms with Crippen LogP contribution >= 0.6 is 0 Å². The van der Waals surface area contributed by atoms with E-state index in [1.54, 1.807) is 12.1 Å². The summed E-state index contributed by atoms with van der Waals surface area (Å²) in [4.78, 5) is 2.49. The van der Waals surface area contributed by atoms with E-state index in [4.69, 9.17) is 9.47 Å². The standard InChI is InChI=1S/C16H26N2O4S/c1-4-9-18-10-7-13(8-11-18)17-23(19,20)16-12-14(21-2)5-6-15(16)22-3/h5-6,12-13,17H,4,7-11H2,1-3H3. The maximum absolute atomic E-state index is 12.7. The third-order valence-corrected chi connectivity index (χ3v) is 5.65. The molecule has 0 aliphatic carbocycles. The number of sulfonamides is 1. The number of likely N-dealkylation sites (tertiary alicyclic amines) is 1. The molecule has 0 aromatic heterocycles. The van der Waals surface area contributed by atoms with E-state index in [1.165, 1.54) is 20.3 Å². The summed E-state index contributed by atoms with van der Waals surface area (Å²) in [5.41, 5.74) is 0. The van der Waals surface area contributed by atoms with Gasteiger partial charge in [-0.3, -0.25) is 0 Å². The highest BCUT2D eigenvalue weighted by atomic mass is 32.2. The molecule has 0 amide bonds. The number of nitrogens with zero attached hydrogens (tertiary/aromatic N) is 1. The predicted octanol–water partition coefficient (Wildman–Crippen LogP) is 1.86. The molecule has 2 rings (SSSR count). The Morgan fingerprint density at radius 2 is 1.91 bits per heavy atom. The molecule has 1 fully saturated rings. The molecular formula is C16H26N2O4S. The lowest BCUT2D eigenvalue weighted by atomic mass is 10.1. The summed E-state index contributed by atoms with van der Waals surface area (Å²) in [6.07, 6.45) is 2.77. The second-order valence-electron chi connectivity index (χ2n) is 5.75. The van der Waals surface area contributed by atoms with E-state index in [-0.39, 0.29) is 10.9 Å². The van der Waals surface area contributed by atoms with Gasteiger partial charge in [-0.15, -0.1) is 0 Å². The van der Waals surface area contributed by atoms with Crippen molar-refractivity contribution in [1.82, 2.24) is 9.62 Å². The molecule has 1 heterocycles. The van der Waals surface area contributed by atoms with E-state index in [1.807, 2.05) is 0 Å². The number of nitrogens with one attached hydrogen (secondary N) is 1. The molecule has 1 aliphatic heterocycles. The van der Waals surface area contributed by atoms with Crippen LogP contribution in [0.4, 0.5) is 0 Å². The molecular weight excluding hydrogens is 316 g/mol. The van der Waals surface area contributed by atoms with Gasteiger partial charge in [-0.05, 0) is 51.0 Å². The lowest BCUT2D eigenvalue weighted by Crippen LogP contribution is -2.44. The molecule has 1 aromatic carbocycles. The first-order chi connectivity index (χ1) is 11.0. The number of benzene rings is 1. The van der Waals surface area contributed by atoms with Crippen molar-refractivity contribution in [3.63, 3.8) is 0 Å². The van der Waals surface area contributed by atoms with Gasteiger partial charge in [0.15, 0.2) is 0 Å². The Kier molecular flexibility index (Phi) is 6.26. The van der Waals surface area contributed by atoms with Crippen molar-refractivity contribution in [2.45, 2.75) is 37.1 Å². The lowest BCUT2D eigenvalue weighted by molar-refractivity contribution is 0.208. The second-order valence-corrected chi connectivity index (χ2v) is 7.44. The average molecular weight is 342 g/mol. The van der Waals surface area contributed by atoms with Crippen molar-refractivity contribution in [2.24, 2.45) is 0 Å². The number of hydrogen-bond donors (Lipinski definition) is 1. The largest absolute Gasteiger partial charge is 0.497 e. The van der Waals surface area contributed by atoms with E-state index in [0.717, 1.165) is 38.9 Å². The fraction of sp³-hybridized carbons (Fsp3) is 0.625. The molecule has 6 nitrogen and oxygen atoms in total. The predicted molar refractivity (Wildman–Crippen MR) is 89.6 cm³/mol. The minimum atomic E-state index is -3.64. The van der Waals surface area contributed by atoms with Gasteiger partial charge in [0, 0.05) is 12.1 Å². The van der Waals surface area contributed by atoms with Crippen LogP contribution in [-0.2, 0) is 10.0 Å². The van der Waals surface area contributed by atoms with E-state index in [0.29, 0.717) is 11.5 Å². The van der Waals surface area contributed by atoms with Crippen LogP contribution in [0.2, 0.25) is 0 Å². The minimum absolute atomic E-state index is 0.0380. The molecule has 0 spiro atoms. The van der Waals surface area contributed by atoms with Gasteiger partial charge in [-0.2, -0.15) is 0 Å². The van der Waals surface area contributed by atoms with Crippen LogP contribution in [0.25, 0.3) is 0 Å². The first-order valence-electron chi connectivity index (χ1n) is 7.97. The number of ether oxygens (including phenoxy) is 2. The van der Waals surface area contributed by atoms with Crippen molar-refractivity contribution in [3.05, 3.63) is 18.2 Å². The monoisotopic (exact) mass is 342 g/mol. The van der Waals surface area contributed by atoms with Crippen molar-refractivity contribution >= 4 is 10.0 Å². The van der Waals surface area contributed by atoms with Crippen molar-refractivity contribution in [2.75, 3.05) is 33.9 Å². The van der Waals surface area contributed by atoms with Crippen LogP contribution in [0, 0.1) is 0 Å². The summed E-state index contributed by atoms with van der Waals surface area (Å²) >= 11 is 0. The first kappa shape index (κ1) is 18.0. The molecule has 0 radical (unpaired) electrons. The van der Waals surface area contributed by atoms with E-state index < -0.39 is 10.0 Å². The SMILES string of the molecule is CCCN1CCC(NS(=O)(=O)c2cc(OC)ccc2OC)CC1. The zero-order chi connectivity index (χ0) is 16.9. The smallest absolute Gasteiger partial charge is 0.244 e. The van der Waals surface area contributed by atoms with Gasteiger partial charge in [0.25, 0.3) is 0 Å². The summed E-state index contributed by atoms with van der Waals surface area (Å²) in [5, 5.41) is 0. The van der Waals surface area contributed by atoms with Crippen LogP contribution in [0.5, 0.6) is 11.5 Å². The van der Waals surface area contributed by atoms with Gasteiger partial charge < -0.3 is 14.4 Å². The third kappa shape index (κ3) is 4.59. The molecule has 1 N–H and O–H groups in total. The molecule has 130 valence electrons. The zero-order valence-electron chi connectivity index (χ0n) is 14.0. The quantitative estimate of drug-likeness (QED) is 0.819. The maximum Gasteiger partial charge on any atom is 0.244 e. The topological polar surface area (TPSA) is 67.9 Å². The van der Waals surface area contributed by atoms with E-state index in [2.05, 4.69) is 16.5 Å². The molecule has 0 unspecified atom stereocenters. The molecule has 7 heteroatoms. The van der Waals surface area contributed by atoms with E-state index in [9.17, 15) is 8.42 Å². The summed E-state index contributed by atoms with van der Waals surface area (Å²) in [6, 6.07) is 4.75. The highest BCUT2D eigenvalue weighted by Gasteiger charge is 2.26. The van der Waals surface area contributed by atoms with Crippen LogP contribution in [0.15, 0.2) is 23.1 Å². The van der Waals surface area contributed by atoms with Gasteiger partial charge >= 0.3 is 0 Å². The maximum atomic E-state index is 12.7. The molecule has 0 atom stereocenters. The second kappa shape index (κ2) is 7.99. The highest BCUT2D eigenvalue weighted by molar-refractivity contribution is 7.89. The fourth-order valence-electron chi connectivity index (χ4n) is 2.87. The minimum Gasteiger partial charge on any atom is -0.497 e. The summed E-state index contributed by atoms with van der Waals surface area (Å²) in [7, 11) is -0.667. The van der Waals surface area contributed by atoms with Crippen LogP contribution in [-0.4, -0.2) is 53.2 Å². The zero-order valence-corrected chi connectivity index (χ0v) is 14.9. The Labute approximate surface area is 138 Å². The van der Waals surface area contributed by atoms with Gasteiger partial charge in [-0.1, -0.05) is 6.92 Å². The lowest BCUT2D eigenvalue weighted by Gasteiger charge is -2.32. The highest BCUT2D eigenvalue weighted by Crippen LogP contribution is 2.28. The first-order valence-corrected chi connectivity index (χ1v) is 9.45. The number of hydrogen-bond acceptors (Lipinski definition) is 5. The third-order valence-electron chi connectivity index (χ3n) is 4.11. The molecule has 1 aromatic rings. The van der Waals surface area contributed by atoms with Crippen molar-refractivity contribution < 1.29 is 17.9 Å². The van der Waals surface area contributed by atoms with Gasteiger partial charge in [0.2, 0.25) is 10.0 Å². The Morgan fingerprint density at radius 3 is 2.48 bits per heavy atom. The van der Waals surface area contributed by atoms with Gasteiger partial charge in [0.1, 0.15) is 16.4 Å². The van der Waals surface area contributed by atoms with E-state index >= 15 is 0 Å². The number of piperidine rings is 1. The summed E-state index contributed by atoms with van der Waals surface area (Å²) in [5.74, 6) is 0.811. The van der Waals surface area contributed by atoms with Gasteiger partial charge in [-0.25, -0.2) is 13.1 Å². The molecule has 1 saturated heterocycles. The van der Waals surface area contributed by atoms with Crippen molar-refractivity contribution in [3.8, 4) is 11.5 Å². The molecule has 0 saturated carbocycles. The van der Waals surface area contributed by atoms with Crippen molar-refractivity contribution in [1.29, 1.82) is 0 Å². The summed E-state index contributed by atoms with van der Waals surface area (Å²) < 4.78 is 38.5. The fourth-order valence-corrected chi connectivity index (χ4v) is 4.36. The Hall–Kier alpha value is -1.31. The Bertz CT molecular complexity index is 611. The summed E-state index contributed by atoms with van der Waals surface area (Å²) in [6.45, 7) is 5.08. The van der Waals surface area contributed by atoms with Crippen LogP contribution < -0.4 is 14.2 Å². The van der Waals surface area contributed by atoms with Crippen LogP contribution in [0.1, 0.15) is 26.2 Å². The number of methoxy groups -OCH3 is 2.